The second-order valence-electron chi connectivity index (χ2n) is 23.3. The Kier molecular flexibility index (Phi) is 8.89. The van der Waals surface area contributed by atoms with Crippen LogP contribution in [0.3, 0.4) is 0 Å². The molecule has 14 aromatic rings. The lowest BCUT2D eigenvalue weighted by Gasteiger charge is -2.40. The Bertz CT molecular complexity index is 4990. The van der Waals surface area contributed by atoms with Gasteiger partial charge in [-0.1, -0.05) is 267 Å². The molecule has 19 rings (SSSR count). The normalized spacial score (nSPS) is 14.8. The van der Waals surface area contributed by atoms with Gasteiger partial charge in [0.2, 0.25) is 0 Å². The molecule has 384 valence electrons. The zero-order chi connectivity index (χ0) is 54.2. The number of hydrogen-bond acceptors (Lipinski definition) is 1. The molecule has 0 unspecified atom stereocenters. The summed E-state index contributed by atoms with van der Waals surface area (Å²) < 4.78 is 2.60. The van der Waals surface area contributed by atoms with Crippen LogP contribution in [0.25, 0.3) is 72.0 Å². The van der Waals surface area contributed by atoms with Crippen LogP contribution >= 0.6 is 0 Å². The lowest BCUT2D eigenvalue weighted by atomic mass is 9.65. The van der Waals surface area contributed by atoms with E-state index in [1.807, 2.05) is 0 Å². The molecule has 0 atom stereocenters. The number of anilines is 3. The Labute approximate surface area is 482 Å². The van der Waals surface area contributed by atoms with Crippen LogP contribution in [0.2, 0.25) is 0 Å². The zero-order valence-electron chi connectivity index (χ0n) is 45.3. The van der Waals surface area contributed by atoms with E-state index < -0.39 is 16.2 Å². The van der Waals surface area contributed by atoms with Gasteiger partial charge in [0.05, 0.1) is 38.7 Å². The summed E-state index contributed by atoms with van der Waals surface area (Å²) in [7, 11) is 0. The molecule has 0 saturated heterocycles. The van der Waals surface area contributed by atoms with Crippen molar-refractivity contribution < 1.29 is 0 Å². The predicted molar refractivity (Wildman–Crippen MR) is 340 cm³/mol. The highest BCUT2D eigenvalue weighted by Crippen LogP contribution is 2.67. The summed E-state index contributed by atoms with van der Waals surface area (Å²) in [6, 6.07) is 116. The van der Waals surface area contributed by atoms with Gasteiger partial charge in [0.15, 0.2) is 0 Å². The first-order chi connectivity index (χ1) is 41.2. The van der Waals surface area contributed by atoms with E-state index in [-0.39, 0.29) is 0 Å². The molecule has 0 amide bonds. The van der Waals surface area contributed by atoms with Crippen LogP contribution < -0.4 is 4.90 Å². The fraction of sp³-hybridized carbons (Fsp3) is 0.0370. The highest BCUT2D eigenvalue weighted by molar-refractivity contribution is 6.13. The van der Waals surface area contributed by atoms with Crippen molar-refractivity contribution in [2.45, 2.75) is 16.2 Å². The molecule has 0 saturated carbocycles. The SMILES string of the molecule is c1ccc(C2(c3ccccc3)c3ccccc3-c3ccc(N(c4ccc5c(c4)-n4c6ccccc6c6cccc(c64)C54c5ccccc5-c5ccccc54)c4cccc5c4-c4ccccc4C54c5ccccc5-c5ccccc54)cc32)cc1. The van der Waals surface area contributed by atoms with Gasteiger partial charge < -0.3 is 9.47 Å². The zero-order valence-corrected chi connectivity index (χ0v) is 45.3. The van der Waals surface area contributed by atoms with E-state index in [1.54, 1.807) is 0 Å². The van der Waals surface area contributed by atoms with Crippen LogP contribution in [-0.2, 0) is 16.2 Å². The standard InChI is InChI=1S/C81H50N2/c1-3-23-51(24-4-1)79(52-25-5-2-6-26-52)64-35-14-7-31-59(64)60-47-45-53(49-73(60)79)82(75-44-22-41-71-77(75)63-33-12-19-40-69(63)80(71)65-36-15-8-27-55(65)56-28-9-16-37-66(56)80)54-46-48-70-76(50-54)83-74-43-20-13-32-61(74)62-34-21-42-72(78(62)83)81(70)67-38-17-10-29-57(67)58-30-11-18-39-68(58)81/h1-50H. The Morgan fingerprint density at radius 1 is 0.253 bits per heavy atom. The van der Waals surface area contributed by atoms with Crippen LogP contribution in [0, 0.1) is 0 Å². The van der Waals surface area contributed by atoms with Gasteiger partial charge in [0, 0.05) is 27.7 Å². The minimum absolute atomic E-state index is 0.527. The molecule has 0 N–H and O–H groups in total. The Morgan fingerprint density at radius 2 is 0.663 bits per heavy atom. The molecule has 1 aromatic heterocycles. The first-order valence-corrected chi connectivity index (χ1v) is 29.2. The maximum absolute atomic E-state index is 2.62. The first-order valence-electron chi connectivity index (χ1n) is 29.2. The van der Waals surface area contributed by atoms with Crippen molar-refractivity contribution in [2.24, 2.45) is 0 Å². The van der Waals surface area contributed by atoms with Crippen molar-refractivity contribution in [2.75, 3.05) is 4.90 Å². The summed E-state index contributed by atoms with van der Waals surface area (Å²) in [5.41, 5.74) is 31.1. The molecule has 5 aliphatic rings. The number of nitrogens with zero attached hydrogens (tertiary/aromatic N) is 2. The van der Waals surface area contributed by atoms with Crippen LogP contribution in [0.15, 0.2) is 303 Å². The van der Waals surface area contributed by atoms with E-state index in [2.05, 4.69) is 313 Å². The molecule has 4 aliphatic carbocycles. The van der Waals surface area contributed by atoms with Crippen LogP contribution in [0.1, 0.15) is 66.8 Å². The van der Waals surface area contributed by atoms with E-state index in [4.69, 9.17) is 0 Å². The monoisotopic (exact) mass is 1050 g/mol. The van der Waals surface area contributed by atoms with E-state index in [0.717, 1.165) is 17.1 Å². The largest absolute Gasteiger partial charge is 0.310 e. The van der Waals surface area contributed by atoms with E-state index in [1.165, 1.54) is 139 Å². The summed E-state index contributed by atoms with van der Waals surface area (Å²) in [6.07, 6.45) is 0. The Morgan fingerprint density at radius 3 is 1.25 bits per heavy atom. The van der Waals surface area contributed by atoms with Gasteiger partial charge in [-0.05, 0) is 142 Å². The molecule has 1 aliphatic heterocycles. The molecule has 2 spiro atoms. The molecule has 2 heteroatoms. The van der Waals surface area contributed by atoms with Crippen molar-refractivity contribution in [3.8, 4) is 50.2 Å². The minimum atomic E-state index is -0.604. The summed E-state index contributed by atoms with van der Waals surface area (Å²) in [4.78, 5) is 2.62. The molecule has 83 heavy (non-hydrogen) atoms. The summed E-state index contributed by atoms with van der Waals surface area (Å²) in [6.45, 7) is 0. The lowest BCUT2D eigenvalue weighted by Crippen LogP contribution is -2.33. The van der Waals surface area contributed by atoms with Gasteiger partial charge in [0.25, 0.3) is 0 Å². The van der Waals surface area contributed by atoms with Crippen LogP contribution in [-0.4, -0.2) is 4.57 Å². The summed E-state index contributed by atoms with van der Waals surface area (Å²) in [5, 5.41) is 2.52. The van der Waals surface area contributed by atoms with E-state index in [0.29, 0.717) is 0 Å². The molecule has 13 aromatic carbocycles. The average Bonchev–Trinajstić information content (AvgIpc) is 1.99. The Balaban J connectivity index is 0.949. The quantitative estimate of drug-likeness (QED) is 0.167. The number of hydrogen-bond donors (Lipinski definition) is 0. The third kappa shape index (κ3) is 5.41. The number of benzene rings is 13. The average molecular weight is 1050 g/mol. The second kappa shape index (κ2) is 16.3. The van der Waals surface area contributed by atoms with Gasteiger partial charge in [-0.15, -0.1) is 0 Å². The maximum Gasteiger partial charge on any atom is 0.0754 e. The van der Waals surface area contributed by atoms with E-state index >= 15 is 0 Å². The van der Waals surface area contributed by atoms with Crippen molar-refractivity contribution in [1.82, 2.24) is 4.57 Å². The molecule has 2 nitrogen and oxygen atoms in total. The van der Waals surface area contributed by atoms with E-state index in [9.17, 15) is 0 Å². The molecule has 0 radical (unpaired) electrons. The fourth-order valence-electron chi connectivity index (χ4n) is 17.0. The lowest BCUT2D eigenvalue weighted by molar-refractivity contribution is 0.748. The highest BCUT2D eigenvalue weighted by Gasteiger charge is 2.54. The van der Waals surface area contributed by atoms with Crippen molar-refractivity contribution >= 4 is 38.9 Å². The van der Waals surface area contributed by atoms with Gasteiger partial charge in [0.1, 0.15) is 0 Å². The van der Waals surface area contributed by atoms with Gasteiger partial charge >= 0.3 is 0 Å². The van der Waals surface area contributed by atoms with Crippen LogP contribution in [0.4, 0.5) is 17.1 Å². The minimum Gasteiger partial charge on any atom is -0.310 e. The number of para-hydroxylation sites is 2. The summed E-state index contributed by atoms with van der Waals surface area (Å²) in [5.74, 6) is 0. The Hall–Kier alpha value is -10.5. The smallest absolute Gasteiger partial charge is 0.0754 e. The molecule has 0 fully saturated rings. The number of rotatable bonds is 5. The van der Waals surface area contributed by atoms with Crippen LogP contribution in [0.5, 0.6) is 0 Å². The van der Waals surface area contributed by atoms with Crippen molar-refractivity contribution in [1.29, 1.82) is 0 Å². The predicted octanol–water partition coefficient (Wildman–Crippen LogP) is 19.6. The highest BCUT2D eigenvalue weighted by atomic mass is 15.2. The maximum atomic E-state index is 2.62. The number of fused-ring (bicyclic) bond motifs is 25. The third-order valence-corrected chi connectivity index (χ3v) is 19.9. The fourth-order valence-corrected chi connectivity index (χ4v) is 17.0. The summed E-state index contributed by atoms with van der Waals surface area (Å²) >= 11 is 0. The van der Waals surface area contributed by atoms with Crippen molar-refractivity contribution in [3.05, 3.63) is 370 Å². The second-order valence-corrected chi connectivity index (χ2v) is 23.3. The topological polar surface area (TPSA) is 8.17 Å². The third-order valence-electron chi connectivity index (χ3n) is 19.9. The molecule has 0 bridgehead atoms. The van der Waals surface area contributed by atoms with Gasteiger partial charge in [-0.3, -0.25) is 0 Å². The van der Waals surface area contributed by atoms with Crippen molar-refractivity contribution in [3.63, 3.8) is 0 Å². The van der Waals surface area contributed by atoms with Gasteiger partial charge in [-0.25, -0.2) is 0 Å². The molecular formula is C81H50N2. The van der Waals surface area contributed by atoms with Gasteiger partial charge in [-0.2, -0.15) is 0 Å². The number of aromatic nitrogens is 1. The first kappa shape index (κ1) is 45.2. The molecule has 2 heterocycles. The molecular weight excluding hydrogens is 1000 g/mol.